The lowest BCUT2D eigenvalue weighted by Gasteiger charge is -2.27. The van der Waals surface area contributed by atoms with Gasteiger partial charge in [0, 0.05) is 42.8 Å². The minimum Gasteiger partial charge on any atom is -0.310 e. The van der Waals surface area contributed by atoms with Crippen LogP contribution in [0.1, 0.15) is 0 Å². The summed E-state index contributed by atoms with van der Waals surface area (Å²) < 4.78 is 2.63. The first kappa shape index (κ1) is 29.9. The van der Waals surface area contributed by atoms with Crippen molar-refractivity contribution in [3.8, 4) is 44.5 Å². The molecule has 0 aliphatic heterocycles. The van der Waals surface area contributed by atoms with Crippen LogP contribution in [0.2, 0.25) is 0 Å². The maximum atomic E-state index is 2.39. The number of anilines is 3. The van der Waals surface area contributed by atoms with Gasteiger partial charge in [0.25, 0.3) is 0 Å². The Labute approximate surface area is 297 Å². The van der Waals surface area contributed by atoms with E-state index in [9.17, 15) is 0 Å². The second kappa shape index (κ2) is 13.0. The lowest BCUT2D eigenvalue weighted by molar-refractivity contribution is 1.28. The summed E-state index contributed by atoms with van der Waals surface area (Å²) in [5.74, 6) is 0. The van der Waals surface area contributed by atoms with E-state index in [1.54, 1.807) is 0 Å². The van der Waals surface area contributed by atoms with E-state index in [1.807, 2.05) is 11.3 Å². The fourth-order valence-electron chi connectivity index (χ4n) is 7.04. The predicted molar refractivity (Wildman–Crippen MR) is 216 cm³/mol. The minimum atomic E-state index is 1.11. The predicted octanol–water partition coefficient (Wildman–Crippen LogP) is 14.2. The van der Waals surface area contributed by atoms with Gasteiger partial charge in [0.05, 0.1) is 0 Å². The molecular formula is C48H33NS. The zero-order valence-corrected chi connectivity index (χ0v) is 28.2. The Balaban J connectivity index is 1.24. The van der Waals surface area contributed by atoms with Crippen molar-refractivity contribution in [3.05, 3.63) is 200 Å². The van der Waals surface area contributed by atoms with Gasteiger partial charge in [-0.05, 0) is 81.4 Å². The molecule has 9 rings (SSSR count). The number of hydrogen-bond donors (Lipinski definition) is 0. The summed E-state index contributed by atoms with van der Waals surface area (Å²) >= 11 is 1.88. The molecule has 0 bridgehead atoms. The first-order valence-corrected chi connectivity index (χ1v) is 17.8. The van der Waals surface area contributed by atoms with Crippen LogP contribution in [0.15, 0.2) is 200 Å². The van der Waals surface area contributed by atoms with Gasteiger partial charge in [-0.3, -0.25) is 0 Å². The van der Waals surface area contributed by atoms with E-state index in [4.69, 9.17) is 0 Å². The SMILES string of the molecule is c1ccc(-c2ccc(N(c3ccc(-c4ccccc4)cc3)c3ccc(-c4ccccc4)c(-c4cccc5c4sc4ccccc45)c3)cc2)cc1. The summed E-state index contributed by atoms with van der Waals surface area (Å²) in [5.41, 5.74) is 13.0. The van der Waals surface area contributed by atoms with Crippen LogP contribution in [0.3, 0.4) is 0 Å². The quantitative estimate of drug-likeness (QED) is 0.165. The van der Waals surface area contributed by atoms with Crippen molar-refractivity contribution in [2.75, 3.05) is 4.90 Å². The maximum Gasteiger partial charge on any atom is 0.0468 e. The zero-order chi connectivity index (χ0) is 33.3. The highest BCUT2D eigenvalue weighted by molar-refractivity contribution is 7.26. The first-order valence-electron chi connectivity index (χ1n) is 17.0. The first-order chi connectivity index (χ1) is 24.8. The lowest BCUT2D eigenvalue weighted by Crippen LogP contribution is -2.10. The van der Waals surface area contributed by atoms with Gasteiger partial charge < -0.3 is 4.90 Å². The average Bonchev–Trinajstić information content (AvgIpc) is 3.59. The molecule has 2 heteroatoms. The smallest absolute Gasteiger partial charge is 0.0468 e. The Kier molecular flexibility index (Phi) is 7.77. The molecular weight excluding hydrogens is 623 g/mol. The third-order valence-corrected chi connectivity index (χ3v) is 10.7. The molecule has 1 heterocycles. The molecule has 0 fully saturated rings. The number of rotatable bonds is 7. The number of fused-ring (bicyclic) bond motifs is 3. The lowest BCUT2D eigenvalue weighted by atomic mass is 9.92. The van der Waals surface area contributed by atoms with Crippen molar-refractivity contribution < 1.29 is 0 Å². The standard InChI is InChI=1S/C48H33NS/c1-4-13-34(14-5-1)36-23-27-39(28-24-36)49(40-29-25-37(26-30-40)35-15-6-2-7-16-35)41-31-32-42(38-17-8-3-9-18-38)46(33-41)45-21-12-20-44-43-19-10-11-22-47(43)50-48(44)45/h1-33H. The molecule has 0 aliphatic carbocycles. The third-order valence-electron chi connectivity index (χ3n) is 9.51. The normalized spacial score (nSPS) is 11.2. The summed E-state index contributed by atoms with van der Waals surface area (Å²) in [6.45, 7) is 0. The van der Waals surface area contributed by atoms with E-state index in [0.29, 0.717) is 0 Å². The van der Waals surface area contributed by atoms with E-state index in [1.165, 1.54) is 64.7 Å². The van der Waals surface area contributed by atoms with Gasteiger partial charge in [-0.15, -0.1) is 11.3 Å². The summed E-state index contributed by atoms with van der Waals surface area (Å²) in [4.78, 5) is 2.38. The van der Waals surface area contributed by atoms with Gasteiger partial charge in [-0.1, -0.05) is 158 Å². The molecule has 0 N–H and O–H groups in total. The third kappa shape index (κ3) is 5.56. The van der Waals surface area contributed by atoms with E-state index in [2.05, 4.69) is 205 Å². The number of thiophene rings is 1. The molecule has 0 aliphatic rings. The molecule has 0 saturated carbocycles. The largest absolute Gasteiger partial charge is 0.310 e. The van der Waals surface area contributed by atoms with Crippen molar-refractivity contribution in [3.63, 3.8) is 0 Å². The van der Waals surface area contributed by atoms with Crippen molar-refractivity contribution in [1.29, 1.82) is 0 Å². The molecule has 8 aromatic carbocycles. The Morgan fingerprint density at radius 1 is 0.300 bits per heavy atom. The van der Waals surface area contributed by atoms with Crippen LogP contribution in [0.25, 0.3) is 64.7 Å². The Hall–Kier alpha value is -6.22. The molecule has 0 amide bonds. The van der Waals surface area contributed by atoms with Crippen LogP contribution in [0.4, 0.5) is 17.1 Å². The summed E-state index contributed by atoms with van der Waals surface area (Å²) in [5, 5.41) is 2.61. The van der Waals surface area contributed by atoms with Crippen molar-refractivity contribution >= 4 is 48.6 Å². The van der Waals surface area contributed by atoms with Gasteiger partial charge in [-0.2, -0.15) is 0 Å². The van der Waals surface area contributed by atoms with E-state index in [0.717, 1.165) is 17.1 Å². The topological polar surface area (TPSA) is 3.24 Å². The highest BCUT2D eigenvalue weighted by atomic mass is 32.1. The Bertz CT molecular complexity index is 2470. The van der Waals surface area contributed by atoms with Crippen LogP contribution < -0.4 is 4.90 Å². The molecule has 0 atom stereocenters. The van der Waals surface area contributed by atoms with Gasteiger partial charge in [-0.25, -0.2) is 0 Å². The number of nitrogens with zero attached hydrogens (tertiary/aromatic N) is 1. The van der Waals surface area contributed by atoms with Crippen LogP contribution >= 0.6 is 11.3 Å². The second-order valence-electron chi connectivity index (χ2n) is 12.5. The van der Waals surface area contributed by atoms with E-state index < -0.39 is 0 Å². The Morgan fingerprint density at radius 3 is 1.38 bits per heavy atom. The number of hydrogen-bond acceptors (Lipinski definition) is 2. The van der Waals surface area contributed by atoms with E-state index in [-0.39, 0.29) is 0 Å². The summed E-state index contributed by atoms with van der Waals surface area (Å²) in [6.07, 6.45) is 0. The molecule has 1 nitrogen and oxygen atoms in total. The van der Waals surface area contributed by atoms with Gasteiger partial charge >= 0.3 is 0 Å². The highest BCUT2D eigenvalue weighted by Gasteiger charge is 2.19. The average molecular weight is 656 g/mol. The molecule has 9 aromatic rings. The maximum absolute atomic E-state index is 2.39. The fraction of sp³-hybridized carbons (Fsp3) is 0. The van der Waals surface area contributed by atoms with Crippen LogP contribution in [0, 0.1) is 0 Å². The molecule has 0 spiro atoms. The zero-order valence-electron chi connectivity index (χ0n) is 27.4. The summed E-state index contributed by atoms with van der Waals surface area (Å²) in [7, 11) is 0. The van der Waals surface area contributed by atoms with Gasteiger partial charge in [0.2, 0.25) is 0 Å². The highest BCUT2D eigenvalue weighted by Crippen LogP contribution is 2.46. The molecule has 236 valence electrons. The van der Waals surface area contributed by atoms with Crippen LogP contribution in [0.5, 0.6) is 0 Å². The van der Waals surface area contributed by atoms with Gasteiger partial charge in [0.1, 0.15) is 0 Å². The van der Waals surface area contributed by atoms with Gasteiger partial charge in [0.15, 0.2) is 0 Å². The monoisotopic (exact) mass is 655 g/mol. The molecule has 1 aromatic heterocycles. The van der Waals surface area contributed by atoms with Crippen LogP contribution in [-0.2, 0) is 0 Å². The number of benzene rings is 8. The molecule has 50 heavy (non-hydrogen) atoms. The van der Waals surface area contributed by atoms with Crippen molar-refractivity contribution in [2.45, 2.75) is 0 Å². The minimum absolute atomic E-state index is 1.11. The van der Waals surface area contributed by atoms with Crippen molar-refractivity contribution in [1.82, 2.24) is 0 Å². The molecule has 0 unspecified atom stereocenters. The fourth-order valence-corrected chi connectivity index (χ4v) is 8.27. The second-order valence-corrected chi connectivity index (χ2v) is 13.6. The van der Waals surface area contributed by atoms with Crippen molar-refractivity contribution in [2.24, 2.45) is 0 Å². The van der Waals surface area contributed by atoms with Crippen LogP contribution in [-0.4, -0.2) is 0 Å². The Morgan fingerprint density at radius 2 is 0.780 bits per heavy atom. The van der Waals surface area contributed by atoms with E-state index >= 15 is 0 Å². The molecule has 0 saturated heterocycles. The molecule has 0 radical (unpaired) electrons. The summed E-state index contributed by atoms with van der Waals surface area (Å²) in [6, 6.07) is 72.3.